The Morgan fingerprint density at radius 1 is 1.20 bits per heavy atom. The van der Waals surface area contributed by atoms with Crippen molar-refractivity contribution in [2.24, 2.45) is 0 Å². The molecule has 1 unspecified atom stereocenters. The van der Waals surface area contributed by atoms with Crippen LogP contribution in [0.4, 0.5) is 0 Å². The third kappa shape index (κ3) is 1.85. The van der Waals surface area contributed by atoms with E-state index >= 15 is 0 Å². The minimum absolute atomic E-state index is 0.167. The van der Waals surface area contributed by atoms with Crippen LogP contribution >= 0.6 is 0 Å². The van der Waals surface area contributed by atoms with Crippen molar-refractivity contribution >= 4 is 5.78 Å². The van der Waals surface area contributed by atoms with Crippen LogP contribution < -0.4 is 0 Å². The standard InChI is InChI=1S/C13H14O2/c1-9-11(7-8-12(9)14)13(15)10-5-3-2-4-6-10/h2-6,13,15H,7-8H2,1H3. The fourth-order valence-corrected chi connectivity index (χ4v) is 1.98. The predicted molar refractivity (Wildman–Crippen MR) is 58.3 cm³/mol. The summed E-state index contributed by atoms with van der Waals surface area (Å²) in [6.45, 7) is 1.80. The maximum atomic E-state index is 11.4. The van der Waals surface area contributed by atoms with Gasteiger partial charge in [0.2, 0.25) is 0 Å². The van der Waals surface area contributed by atoms with Crippen molar-refractivity contribution in [1.82, 2.24) is 0 Å². The van der Waals surface area contributed by atoms with Gasteiger partial charge in [-0.3, -0.25) is 4.79 Å². The average molecular weight is 202 g/mol. The van der Waals surface area contributed by atoms with Crippen molar-refractivity contribution in [1.29, 1.82) is 0 Å². The van der Waals surface area contributed by atoms with Crippen LogP contribution in [0.5, 0.6) is 0 Å². The van der Waals surface area contributed by atoms with Gasteiger partial charge in [0.05, 0.1) is 0 Å². The first-order valence-electron chi connectivity index (χ1n) is 5.16. The average Bonchev–Trinajstić information content (AvgIpc) is 2.60. The second-order valence-electron chi connectivity index (χ2n) is 3.89. The number of benzene rings is 1. The molecule has 0 saturated carbocycles. The third-order valence-corrected chi connectivity index (χ3v) is 2.97. The van der Waals surface area contributed by atoms with Crippen molar-refractivity contribution in [2.45, 2.75) is 25.9 Å². The topological polar surface area (TPSA) is 37.3 Å². The number of aliphatic hydroxyl groups excluding tert-OH is 1. The number of hydrogen-bond acceptors (Lipinski definition) is 2. The molecule has 2 rings (SSSR count). The van der Waals surface area contributed by atoms with Gasteiger partial charge in [0.1, 0.15) is 6.10 Å². The minimum Gasteiger partial charge on any atom is -0.384 e. The summed E-state index contributed by atoms with van der Waals surface area (Å²) < 4.78 is 0. The fourth-order valence-electron chi connectivity index (χ4n) is 1.98. The Morgan fingerprint density at radius 3 is 2.40 bits per heavy atom. The predicted octanol–water partition coefficient (Wildman–Crippen LogP) is 2.40. The highest BCUT2D eigenvalue weighted by molar-refractivity contribution is 5.98. The summed E-state index contributed by atoms with van der Waals surface area (Å²) >= 11 is 0. The summed E-state index contributed by atoms with van der Waals surface area (Å²) in [6, 6.07) is 9.47. The third-order valence-electron chi connectivity index (χ3n) is 2.97. The SMILES string of the molecule is CC1=C(C(O)c2ccccc2)CCC1=O. The molecule has 1 aromatic carbocycles. The number of aliphatic hydroxyl groups is 1. The summed E-state index contributed by atoms with van der Waals surface area (Å²) in [4.78, 5) is 11.4. The molecule has 1 atom stereocenters. The molecule has 0 aromatic heterocycles. The van der Waals surface area contributed by atoms with E-state index in [2.05, 4.69) is 0 Å². The van der Waals surface area contributed by atoms with Crippen molar-refractivity contribution in [2.75, 3.05) is 0 Å². The normalized spacial score (nSPS) is 18.4. The summed E-state index contributed by atoms with van der Waals surface area (Å²) in [6.07, 6.45) is 0.629. The molecule has 1 aromatic rings. The van der Waals surface area contributed by atoms with Crippen LogP contribution in [0.1, 0.15) is 31.4 Å². The lowest BCUT2D eigenvalue weighted by Crippen LogP contribution is -2.01. The molecule has 0 spiro atoms. The van der Waals surface area contributed by atoms with E-state index in [1.807, 2.05) is 30.3 Å². The van der Waals surface area contributed by atoms with E-state index in [1.165, 1.54) is 0 Å². The zero-order valence-corrected chi connectivity index (χ0v) is 8.73. The highest BCUT2D eigenvalue weighted by Crippen LogP contribution is 2.33. The first-order valence-corrected chi connectivity index (χ1v) is 5.16. The van der Waals surface area contributed by atoms with Crippen LogP contribution in [-0.2, 0) is 4.79 Å². The van der Waals surface area contributed by atoms with Gasteiger partial charge in [0, 0.05) is 6.42 Å². The zero-order valence-electron chi connectivity index (χ0n) is 8.73. The maximum absolute atomic E-state index is 11.4. The van der Waals surface area contributed by atoms with Gasteiger partial charge >= 0.3 is 0 Å². The van der Waals surface area contributed by atoms with Gasteiger partial charge in [-0.2, -0.15) is 0 Å². The van der Waals surface area contributed by atoms with E-state index in [4.69, 9.17) is 0 Å². The van der Waals surface area contributed by atoms with Gasteiger partial charge in [-0.25, -0.2) is 0 Å². The number of carbonyl (C=O) groups is 1. The monoisotopic (exact) mass is 202 g/mol. The summed E-state index contributed by atoms with van der Waals surface area (Å²) in [5.74, 6) is 0.167. The number of Topliss-reactive ketones (excluding diaryl/α,β-unsaturated/α-hetero) is 1. The molecule has 0 saturated heterocycles. The van der Waals surface area contributed by atoms with Gasteiger partial charge in [-0.15, -0.1) is 0 Å². The highest BCUT2D eigenvalue weighted by Gasteiger charge is 2.24. The lowest BCUT2D eigenvalue weighted by atomic mass is 9.99. The van der Waals surface area contributed by atoms with Crippen LogP contribution in [0.15, 0.2) is 41.5 Å². The molecular formula is C13H14O2. The Balaban J connectivity index is 2.30. The zero-order chi connectivity index (χ0) is 10.8. The number of hydrogen-bond donors (Lipinski definition) is 1. The molecule has 0 heterocycles. The number of rotatable bonds is 2. The van der Waals surface area contributed by atoms with Crippen LogP contribution in [0.3, 0.4) is 0 Å². The van der Waals surface area contributed by atoms with Crippen molar-refractivity contribution in [3.63, 3.8) is 0 Å². The van der Waals surface area contributed by atoms with E-state index in [0.29, 0.717) is 12.8 Å². The Kier molecular flexibility index (Phi) is 2.69. The van der Waals surface area contributed by atoms with E-state index in [-0.39, 0.29) is 5.78 Å². The summed E-state index contributed by atoms with van der Waals surface area (Å²) in [7, 11) is 0. The molecule has 2 nitrogen and oxygen atoms in total. The van der Waals surface area contributed by atoms with Gasteiger partial charge in [-0.05, 0) is 30.1 Å². The largest absolute Gasteiger partial charge is 0.384 e. The molecule has 0 radical (unpaired) electrons. The van der Waals surface area contributed by atoms with E-state index in [1.54, 1.807) is 6.92 Å². The van der Waals surface area contributed by atoms with Gasteiger partial charge < -0.3 is 5.11 Å². The van der Waals surface area contributed by atoms with Crippen LogP contribution in [0.25, 0.3) is 0 Å². The molecule has 78 valence electrons. The Bertz CT molecular complexity index is 404. The Morgan fingerprint density at radius 2 is 1.87 bits per heavy atom. The lowest BCUT2D eigenvalue weighted by molar-refractivity contribution is -0.114. The van der Waals surface area contributed by atoms with Crippen LogP contribution in [-0.4, -0.2) is 10.9 Å². The summed E-state index contributed by atoms with van der Waals surface area (Å²) in [5, 5.41) is 10.1. The molecule has 1 aliphatic carbocycles. The van der Waals surface area contributed by atoms with Crippen LogP contribution in [0, 0.1) is 0 Å². The van der Waals surface area contributed by atoms with Crippen molar-refractivity contribution < 1.29 is 9.90 Å². The van der Waals surface area contributed by atoms with Crippen molar-refractivity contribution in [3.05, 3.63) is 47.0 Å². The Hall–Kier alpha value is -1.41. The van der Waals surface area contributed by atoms with E-state index < -0.39 is 6.10 Å². The van der Waals surface area contributed by atoms with Gasteiger partial charge in [0.25, 0.3) is 0 Å². The molecule has 2 heteroatoms. The van der Waals surface area contributed by atoms with Gasteiger partial charge in [0.15, 0.2) is 5.78 Å². The van der Waals surface area contributed by atoms with Gasteiger partial charge in [-0.1, -0.05) is 30.3 Å². The lowest BCUT2D eigenvalue weighted by Gasteiger charge is -2.12. The fraction of sp³-hybridized carbons (Fsp3) is 0.308. The Labute approximate surface area is 89.2 Å². The maximum Gasteiger partial charge on any atom is 0.158 e. The van der Waals surface area contributed by atoms with E-state index in [0.717, 1.165) is 16.7 Å². The number of ketones is 1. The van der Waals surface area contributed by atoms with E-state index in [9.17, 15) is 9.90 Å². The quantitative estimate of drug-likeness (QED) is 0.799. The molecule has 0 amide bonds. The molecule has 1 aliphatic rings. The second-order valence-corrected chi connectivity index (χ2v) is 3.89. The first-order chi connectivity index (χ1) is 7.20. The second kappa shape index (κ2) is 3.99. The van der Waals surface area contributed by atoms with Crippen molar-refractivity contribution in [3.8, 4) is 0 Å². The molecule has 1 N–H and O–H groups in total. The number of allylic oxidation sites excluding steroid dienone is 1. The molecule has 15 heavy (non-hydrogen) atoms. The number of carbonyl (C=O) groups excluding carboxylic acids is 1. The minimum atomic E-state index is -0.613. The molecule has 0 fully saturated rings. The summed E-state index contributed by atoms with van der Waals surface area (Å²) in [5.41, 5.74) is 2.49. The smallest absolute Gasteiger partial charge is 0.158 e. The molecule has 0 bridgehead atoms. The first kappa shape index (κ1) is 10.1. The molecule has 0 aliphatic heterocycles. The highest BCUT2D eigenvalue weighted by atomic mass is 16.3. The molecular weight excluding hydrogens is 188 g/mol. The van der Waals surface area contributed by atoms with Crippen LogP contribution in [0.2, 0.25) is 0 Å².